The zero-order chi connectivity index (χ0) is 6.41. The molecule has 0 aromatic rings. The van der Waals surface area contributed by atoms with Crippen LogP contribution in [0.3, 0.4) is 0 Å². The number of rotatable bonds is 3. The van der Waals surface area contributed by atoms with Crippen molar-refractivity contribution < 1.29 is 0 Å². The van der Waals surface area contributed by atoms with Gasteiger partial charge in [0.25, 0.3) is 0 Å². The molecule has 0 heterocycles. The second kappa shape index (κ2) is 4.99. The lowest BCUT2D eigenvalue weighted by Gasteiger charge is -1.93. The van der Waals surface area contributed by atoms with Crippen molar-refractivity contribution >= 4 is 14.5 Å². The van der Waals surface area contributed by atoms with E-state index in [1.165, 1.54) is 0 Å². The van der Waals surface area contributed by atoms with Crippen LogP contribution < -0.4 is 0 Å². The molecule has 0 saturated heterocycles. The van der Waals surface area contributed by atoms with Crippen molar-refractivity contribution in [3.05, 3.63) is 12.8 Å². The first kappa shape index (κ1) is 7.84. The first-order valence-electron chi connectivity index (χ1n) is 2.66. The van der Waals surface area contributed by atoms with Crippen LogP contribution in [0.5, 0.6) is 0 Å². The van der Waals surface area contributed by atoms with E-state index in [0.717, 1.165) is 14.2 Å². The molecule has 0 N–H and O–H groups in total. The van der Waals surface area contributed by atoms with Crippen LogP contribution in [0.1, 0.15) is 13.8 Å². The third-order valence-electron chi connectivity index (χ3n) is 0.588. The summed E-state index contributed by atoms with van der Waals surface area (Å²) in [4.78, 5) is 3.86. The van der Waals surface area contributed by atoms with E-state index in [9.17, 15) is 0 Å². The van der Waals surface area contributed by atoms with E-state index in [4.69, 9.17) is 0 Å². The van der Waals surface area contributed by atoms with Crippen LogP contribution in [0.15, 0.2) is 17.8 Å². The molecule has 0 aromatic carbocycles. The van der Waals surface area contributed by atoms with Crippen LogP contribution in [0.2, 0.25) is 0 Å². The molecule has 1 unspecified atom stereocenters. The maximum atomic E-state index is 3.86. The fourth-order valence-electron chi connectivity index (χ4n) is 0.245. The third kappa shape index (κ3) is 5.84. The van der Waals surface area contributed by atoms with Gasteiger partial charge in [-0.05, 0) is 5.66 Å². The predicted molar refractivity (Wildman–Crippen MR) is 42.1 cm³/mol. The molecule has 0 amide bonds. The Balaban J connectivity index is 3.15. The molecule has 0 aromatic heterocycles. The van der Waals surface area contributed by atoms with Crippen LogP contribution in [-0.2, 0) is 0 Å². The van der Waals surface area contributed by atoms with Crippen LogP contribution in [0, 0.1) is 0 Å². The van der Waals surface area contributed by atoms with Crippen molar-refractivity contribution in [3.63, 3.8) is 0 Å². The Labute approximate surface area is 52.7 Å². The topological polar surface area (TPSA) is 12.4 Å². The van der Waals surface area contributed by atoms with E-state index in [-0.39, 0.29) is 0 Å². The number of hydrogen-bond acceptors (Lipinski definition) is 1. The quantitative estimate of drug-likeness (QED) is 0.409. The molecule has 0 aliphatic rings. The predicted octanol–water partition coefficient (Wildman–Crippen LogP) is 2.25. The highest BCUT2D eigenvalue weighted by Crippen LogP contribution is 2.12. The zero-order valence-electron chi connectivity index (χ0n) is 5.39. The summed E-state index contributed by atoms with van der Waals surface area (Å²) in [7, 11) is 0.833. The monoisotopic (exact) mass is 129 g/mol. The molecule has 1 atom stereocenters. The minimum absolute atomic E-state index is 0.735. The summed E-state index contributed by atoms with van der Waals surface area (Å²) in [6.45, 7) is 7.81. The molecule has 0 saturated carbocycles. The first-order valence-corrected chi connectivity index (χ1v) is 3.81. The lowest BCUT2D eigenvalue weighted by Crippen LogP contribution is -1.79. The first-order chi connectivity index (χ1) is 3.77. The summed E-state index contributed by atoms with van der Waals surface area (Å²) in [6.07, 6.45) is 1.56. The summed E-state index contributed by atoms with van der Waals surface area (Å²) in [5, 5.41) is 0. The van der Waals surface area contributed by atoms with Gasteiger partial charge in [0.1, 0.15) is 0 Å². The van der Waals surface area contributed by atoms with E-state index in [1.54, 1.807) is 6.20 Å². The van der Waals surface area contributed by atoms with Gasteiger partial charge in [-0.3, -0.25) is 4.99 Å². The summed E-state index contributed by atoms with van der Waals surface area (Å²) in [6, 6.07) is 0. The highest BCUT2D eigenvalue weighted by Gasteiger charge is 1.84. The van der Waals surface area contributed by atoms with Crippen LogP contribution in [0.4, 0.5) is 0 Å². The number of aliphatic imine (C=N–C) groups is 1. The Morgan fingerprint density at radius 2 is 2.25 bits per heavy atom. The molecule has 0 radical (unpaired) electrons. The van der Waals surface area contributed by atoms with E-state index in [1.807, 2.05) is 5.96 Å². The Hall–Kier alpha value is -0.160. The molecule has 0 rings (SSSR count). The highest BCUT2D eigenvalue weighted by atomic mass is 31.1. The lowest BCUT2D eigenvalue weighted by atomic mass is 10.6. The Kier molecular flexibility index (Phi) is 4.89. The van der Waals surface area contributed by atoms with E-state index < -0.39 is 0 Å². The smallest absolute Gasteiger partial charge is 0.0246 e. The van der Waals surface area contributed by atoms with Gasteiger partial charge in [-0.1, -0.05) is 29.0 Å². The molecule has 0 fully saturated rings. The summed E-state index contributed by atoms with van der Waals surface area (Å²) >= 11 is 0. The van der Waals surface area contributed by atoms with Crippen molar-refractivity contribution in [2.24, 2.45) is 4.99 Å². The fourth-order valence-corrected chi connectivity index (χ4v) is 0.734. The minimum Gasteiger partial charge on any atom is -0.265 e. The minimum atomic E-state index is 0.735. The van der Waals surface area contributed by atoms with Crippen molar-refractivity contribution in [1.29, 1.82) is 0 Å². The number of hydrogen-bond donors (Lipinski definition) is 0. The molecule has 0 aliphatic heterocycles. The molecule has 0 spiro atoms. The molecule has 2 heteroatoms. The van der Waals surface area contributed by atoms with Gasteiger partial charge in [-0.15, -0.1) is 0 Å². The second-order valence-corrected chi connectivity index (χ2v) is 3.53. The molecule has 0 aliphatic carbocycles. The van der Waals surface area contributed by atoms with Gasteiger partial charge in [0.05, 0.1) is 0 Å². The Morgan fingerprint density at radius 3 is 2.62 bits per heavy atom. The molecular formula is C6H12NP. The van der Waals surface area contributed by atoms with Gasteiger partial charge < -0.3 is 0 Å². The van der Waals surface area contributed by atoms with E-state index in [2.05, 4.69) is 25.4 Å². The average Bonchev–Trinajstić information content (AvgIpc) is 1.66. The van der Waals surface area contributed by atoms with Gasteiger partial charge in [0, 0.05) is 12.2 Å². The third-order valence-corrected chi connectivity index (χ3v) is 1.55. The lowest BCUT2D eigenvalue weighted by molar-refractivity contribution is 1.11. The van der Waals surface area contributed by atoms with Gasteiger partial charge in [0.15, 0.2) is 0 Å². The summed E-state index contributed by atoms with van der Waals surface area (Å²) in [5.74, 6) is 1.91. The van der Waals surface area contributed by atoms with Gasteiger partial charge in [0.2, 0.25) is 0 Å². The fraction of sp³-hybridized carbons (Fsp3) is 0.500. The largest absolute Gasteiger partial charge is 0.265 e. The second-order valence-electron chi connectivity index (χ2n) is 1.78. The Morgan fingerprint density at radius 1 is 1.62 bits per heavy atom. The van der Waals surface area contributed by atoms with E-state index in [0.29, 0.717) is 0 Å². The van der Waals surface area contributed by atoms with Crippen LogP contribution >= 0.6 is 8.58 Å². The summed E-state index contributed by atoms with van der Waals surface area (Å²) < 4.78 is 0. The maximum Gasteiger partial charge on any atom is 0.0246 e. The van der Waals surface area contributed by atoms with Crippen molar-refractivity contribution in [1.82, 2.24) is 0 Å². The van der Waals surface area contributed by atoms with Crippen LogP contribution in [-0.4, -0.2) is 11.6 Å². The van der Waals surface area contributed by atoms with Crippen LogP contribution in [0.25, 0.3) is 0 Å². The maximum absolute atomic E-state index is 3.86. The molecular weight excluding hydrogens is 117 g/mol. The summed E-state index contributed by atoms with van der Waals surface area (Å²) in [5.41, 5.74) is 0.735. The zero-order valence-corrected chi connectivity index (χ0v) is 6.39. The highest BCUT2D eigenvalue weighted by molar-refractivity contribution is 7.56. The van der Waals surface area contributed by atoms with Crippen molar-refractivity contribution in [2.75, 3.05) is 0 Å². The number of nitrogens with zero attached hydrogens (tertiary/aromatic N) is 1. The normalized spacial score (nSPS) is 12.4. The van der Waals surface area contributed by atoms with Gasteiger partial charge in [-0.2, -0.15) is 0 Å². The van der Waals surface area contributed by atoms with Crippen molar-refractivity contribution in [3.8, 4) is 0 Å². The molecule has 8 heavy (non-hydrogen) atoms. The standard InChI is InChI=1S/C6H12NP/c1-4-7-5-8-6(2)3/h4-6,8H,1H2,2-3H3/b7-5-. The van der Waals surface area contributed by atoms with E-state index >= 15 is 0 Å². The Bertz CT molecular complexity index is 86.5. The average molecular weight is 129 g/mol. The molecule has 1 nitrogen and oxygen atoms in total. The van der Waals surface area contributed by atoms with Gasteiger partial charge >= 0.3 is 0 Å². The molecule has 0 bridgehead atoms. The SMILES string of the molecule is C=C/N=C\PC(C)C. The van der Waals surface area contributed by atoms with Crippen molar-refractivity contribution in [2.45, 2.75) is 19.5 Å². The molecule has 46 valence electrons. The van der Waals surface area contributed by atoms with Gasteiger partial charge in [-0.25, -0.2) is 0 Å².